The van der Waals surface area contributed by atoms with Gasteiger partial charge in [0.1, 0.15) is 0 Å². The van der Waals surface area contributed by atoms with E-state index in [0.29, 0.717) is 0 Å². The Morgan fingerprint density at radius 1 is 1.25 bits per heavy atom. The van der Waals surface area contributed by atoms with Crippen LogP contribution in [0.1, 0.15) is 19.8 Å². The van der Waals surface area contributed by atoms with Crippen LogP contribution in [0.25, 0.3) is 0 Å². The second-order valence-corrected chi connectivity index (χ2v) is 4.55. The summed E-state index contributed by atoms with van der Waals surface area (Å²) < 4.78 is 0. The quantitative estimate of drug-likeness (QED) is 0.627. The van der Waals surface area contributed by atoms with Gasteiger partial charge in [-0.2, -0.15) is 0 Å². The van der Waals surface area contributed by atoms with E-state index in [0.717, 1.165) is 17.9 Å². The molecule has 2 nitrogen and oxygen atoms in total. The van der Waals surface area contributed by atoms with Gasteiger partial charge in [0.25, 0.3) is 0 Å². The molecule has 2 unspecified atom stereocenters. The molecule has 2 rings (SSSR count). The minimum absolute atomic E-state index is 0.846. The summed E-state index contributed by atoms with van der Waals surface area (Å²) in [6.07, 6.45) is 2.80. The Morgan fingerprint density at radius 2 is 1.92 bits per heavy atom. The van der Waals surface area contributed by atoms with Crippen LogP contribution in [0.5, 0.6) is 0 Å². The molecule has 2 aliphatic heterocycles. The van der Waals surface area contributed by atoms with Gasteiger partial charge in [0.15, 0.2) is 0 Å². The van der Waals surface area contributed by atoms with E-state index in [2.05, 4.69) is 24.2 Å². The van der Waals surface area contributed by atoms with E-state index in [1.807, 2.05) is 0 Å². The summed E-state index contributed by atoms with van der Waals surface area (Å²) in [5.74, 6) is 1.89. The van der Waals surface area contributed by atoms with Crippen LogP contribution in [0.2, 0.25) is 0 Å². The third-order valence-corrected chi connectivity index (χ3v) is 3.56. The molecule has 2 atom stereocenters. The number of hydrogen-bond donors (Lipinski definition) is 1. The van der Waals surface area contributed by atoms with Gasteiger partial charge in [-0.15, -0.1) is 0 Å². The predicted octanol–water partition coefficient (Wildman–Crippen LogP) is 0.936. The van der Waals surface area contributed by atoms with E-state index in [1.54, 1.807) is 0 Å². The summed E-state index contributed by atoms with van der Waals surface area (Å²) >= 11 is 0. The smallest absolute Gasteiger partial charge is 0.0134 e. The topological polar surface area (TPSA) is 15.3 Å². The third-order valence-electron chi connectivity index (χ3n) is 3.56. The van der Waals surface area contributed by atoms with Crippen molar-refractivity contribution in [2.24, 2.45) is 11.8 Å². The first kappa shape index (κ1) is 8.52. The Bertz CT molecular complexity index is 150. The van der Waals surface area contributed by atoms with Gasteiger partial charge in [0.2, 0.25) is 0 Å². The van der Waals surface area contributed by atoms with E-state index in [-0.39, 0.29) is 0 Å². The van der Waals surface area contributed by atoms with Crippen LogP contribution in [0.3, 0.4) is 0 Å². The molecular weight excluding hydrogens is 148 g/mol. The number of piperidine rings is 1. The lowest BCUT2D eigenvalue weighted by Gasteiger charge is -2.44. The fourth-order valence-corrected chi connectivity index (χ4v) is 2.51. The van der Waals surface area contributed by atoms with Crippen LogP contribution >= 0.6 is 0 Å². The van der Waals surface area contributed by atoms with Gasteiger partial charge in [-0.3, -0.25) is 0 Å². The molecule has 0 aromatic rings. The van der Waals surface area contributed by atoms with Crippen LogP contribution in [0, 0.1) is 11.8 Å². The standard InChI is InChI=1S/C10H20N2/c1-8-7-11-10(8)9-3-5-12(2)6-4-9/h8-11H,3-7H2,1-2H3. The first-order valence-corrected chi connectivity index (χ1v) is 5.19. The van der Waals surface area contributed by atoms with Crippen molar-refractivity contribution in [3.8, 4) is 0 Å². The molecule has 0 aromatic heterocycles. The fourth-order valence-electron chi connectivity index (χ4n) is 2.51. The molecule has 0 radical (unpaired) electrons. The zero-order valence-electron chi connectivity index (χ0n) is 8.21. The summed E-state index contributed by atoms with van der Waals surface area (Å²) in [4.78, 5) is 2.44. The van der Waals surface area contributed by atoms with Gasteiger partial charge in [-0.05, 0) is 51.4 Å². The lowest BCUT2D eigenvalue weighted by molar-refractivity contribution is 0.112. The normalized spacial score (nSPS) is 39.5. The molecule has 2 heterocycles. The van der Waals surface area contributed by atoms with E-state index >= 15 is 0 Å². The van der Waals surface area contributed by atoms with Crippen molar-refractivity contribution in [1.29, 1.82) is 0 Å². The molecular formula is C10H20N2. The molecule has 0 aliphatic carbocycles. The van der Waals surface area contributed by atoms with Gasteiger partial charge in [-0.1, -0.05) is 6.92 Å². The van der Waals surface area contributed by atoms with E-state index < -0.39 is 0 Å². The van der Waals surface area contributed by atoms with E-state index in [9.17, 15) is 0 Å². The van der Waals surface area contributed by atoms with Crippen molar-refractivity contribution in [1.82, 2.24) is 10.2 Å². The fraction of sp³-hybridized carbons (Fsp3) is 1.00. The summed E-state index contributed by atoms with van der Waals surface area (Å²) in [6.45, 7) is 6.22. The van der Waals surface area contributed by atoms with Crippen LogP contribution in [0.15, 0.2) is 0 Å². The molecule has 2 fully saturated rings. The van der Waals surface area contributed by atoms with Crippen LogP contribution < -0.4 is 5.32 Å². The molecule has 12 heavy (non-hydrogen) atoms. The van der Waals surface area contributed by atoms with Gasteiger partial charge >= 0.3 is 0 Å². The Kier molecular flexibility index (Phi) is 2.37. The highest BCUT2D eigenvalue weighted by Gasteiger charge is 2.34. The largest absolute Gasteiger partial charge is 0.313 e. The maximum Gasteiger partial charge on any atom is 0.0134 e. The van der Waals surface area contributed by atoms with Crippen molar-refractivity contribution < 1.29 is 0 Å². The summed E-state index contributed by atoms with van der Waals surface area (Å²) in [6, 6.07) is 0.846. The molecule has 2 aliphatic rings. The minimum atomic E-state index is 0.846. The maximum absolute atomic E-state index is 3.56. The highest BCUT2D eigenvalue weighted by molar-refractivity contribution is 4.92. The second kappa shape index (κ2) is 3.35. The molecule has 2 saturated heterocycles. The first-order chi connectivity index (χ1) is 5.77. The number of likely N-dealkylation sites (tertiary alicyclic amines) is 1. The van der Waals surface area contributed by atoms with Crippen molar-refractivity contribution >= 4 is 0 Å². The van der Waals surface area contributed by atoms with E-state index in [4.69, 9.17) is 0 Å². The van der Waals surface area contributed by atoms with Gasteiger partial charge in [-0.25, -0.2) is 0 Å². The SMILES string of the molecule is CC1CNC1C1CCN(C)CC1. The molecule has 2 heteroatoms. The van der Waals surface area contributed by atoms with Crippen LogP contribution in [0.4, 0.5) is 0 Å². The third kappa shape index (κ3) is 1.50. The lowest BCUT2D eigenvalue weighted by atomic mass is 9.78. The monoisotopic (exact) mass is 168 g/mol. The highest BCUT2D eigenvalue weighted by Crippen LogP contribution is 2.28. The summed E-state index contributed by atoms with van der Waals surface area (Å²) in [7, 11) is 2.23. The molecule has 0 saturated carbocycles. The van der Waals surface area contributed by atoms with Gasteiger partial charge in [0, 0.05) is 6.04 Å². The number of rotatable bonds is 1. The number of hydrogen-bond acceptors (Lipinski definition) is 2. The van der Waals surface area contributed by atoms with Crippen LogP contribution in [-0.2, 0) is 0 Å². The summed E-state index contributed by atoms with van der Waals surface area (Å²) in [5, 5.41) is 3.56. The van der Waals surface area contributed by atoms with Crippen molar-refractivity contribution in [3.63, 3.8) is 0 Å². The summed E-state index contributed by atoms with van der Waals surface area (Å²) in [5.41, 5.74) is 0. The Morgan fingerprint density at radius 3 is 2.33 bits per heavy atom. The Labute approximate surface area is 75.3 Å². The molecule has 0 amide bonds. The number of nitrogens with one attached hydrogen (secondary N) is 1. The molecule has 70 valence electrons. The van der Waals surface area contributed by atoms with Crippen molar-refractivity contribution in [2.45, 2.75) is 25.8 Å². The molecule has 1 N–H and O–H groups in total. The van der Waals surface area contributed by atoms with Gasteiger partial charge in [0.05, 0.1) is 0 Å². The molecule has 0 spiro atoms. The molecule has 0 aromatic carbocycles. The minimum Gasteiger partial charge on any atom is -0.313 e. The average Bonchev–Trinajstić information content (AvgIpc) is 2.06. The van der Waals surface area contributed by atoms with Gasteiger partial charge < -0.3 is 10.2 Å². The zero-order valence-corrected chi connectivity index (χ0v) is 8.21. The average molecular weight is 168 g/mol. The first-order valence-electron chi connectivity index (χ1n) is 5.19. The zero-order chi connectivity index (χ0) is 8.55. The van der Waals surface area contributed by atoms with E-state index in [1.165, 1.54) is 32.5 Å². The highest BCUT2D eigenvalue weighted by atomic mass is 15.1. The van der Waals surface area contributed by atoms with Crippen LogP contribution in [-0.4, -0.2) is 37.6 Å². The Balaban J connectivity index is 1.81. The van der Waals surface area contributed by atoms with Crippen molar-refractivity contribution in [3.05, 3.63) is 0 Å². The maximum atomic E-state index is 3.56. The Hall–Kier alpha value is -0.0800. The molecule has 0 bridgehead atoms. The number of nitrogens with zero attached hydrogens (tertiary/aromatic N) is 1. The lowest BCUT2D eigenvalue weighted by Crippen LogP contribution is -2.57. The second-order valence-electron chi connectivity index (χ2n) is 4.55. The van der Waals surface area contributed by atoms with Crippen molar-refractivity contribution in [2.75, 3.05) is 26.7 Å². The predicted molar refractivity (Wildman–Crippen MR) is 51.2 cm³/mol.